The van der Waals surface area contributed by atoms with Gasteiger partial charge < -0.3 is 0 Å². The quantitative estimate of drug-likeness (QED) is 0.553. The number of benzene rings is 2. The van der Waals surface area contributed by atoms with E-state index in [1.54, 1.807) is 0 Å². The Labute approximate surface area is 121 Å². The van der Waals surface area contributed by atoms with Crippen molar-refractivity contribution < 1.29 is 0 Å². The molecule has 0 amide bonds. The molecule has 0 atom stereocenters. The Morgan fingerprint density at radius 3 is 1.62 bits per heavy atom. The molecule has 2 aromatic rings. The highest BCUT2D eigenvalue weighted by atomic mass is 79.9. The molecule has 4 heteroatoms. The minimum absolute atomic E-state index is 0.639. The van der Waals surface area contributed by atoms with Gasteiger partial charge in [-0.25, -0.2) is 0 Å². The molecule has 2 rings (SSSR count). The van der Waals surface area contributed by atoms with Crippen molar-refractivity contribution in [3.8, 4) is 11.1 Å². The van der Waals surface area contributed by atoms with Crippen molar-refractivity contribution in [3.05, 3.63) is 55.4 Å². The van der Waals surface area contributed by atoms with Gasteiger partial charge in [0.1, 0.15) is 0 Å². The van der Waals surface area contributed by atoms with Gasteiger partial charge in [-0.15, -0.1) is 0 Å². The highest BCUT2D eigenvalue weighted by molar-refractivity contribution is 9.11. The molecule has 16 heavy (non-hydrogen) atoms. The molecule has 0 aromatic heterocycles. The Hall–Kier alpha value is -0.0200. The molecule has 0 spiro atoms. The van der Waals surface area contributed by atoms with Crippen molar-refractivity contribution in [2.75, 3.05) is 0 Å². The zero-order chi connectivity index (χ0) is 11.7. The lowest BCUT2D eigenvalue weighted by Crippen LogP contribution is -1.85. The average Bonchev–Trinajstić information content (AvgIpc) is 2.21. The molecule has 0 unspecified atom stereocenters. The number of rotatable bonds is 1. The summed E-state index contributed by atoms with van der Waals surface area (Å²) in [6.45, 7) is 0. The van der Waals surface area contributed by atoms with Crippen LogP contribution in [0.1, 0.15) is 0 Å². The molecule has 0 N–H and O–H groups in total. The van der Waals surface area contributed by atoms with Crippen LogP contribution in [0, 0.1) is 0 Å². The van der Waals surface area contributed by atoms with Crippen LogP contribution < -0.4 is 0 Å². The minimum atomic E-state index is 0.639. The first kappa shape index (κ1) is 12.4. The Morgan fingerprint density at radius 2 is 1.12 bits per heavy atom. The van der Waals surface area contributed by atoms with Gasteiger partial charge in [0.15, 0.2) is 0 Å². The van der Waals surface area contributed by atoms with Crippen molar-refractivity contribution in [2.45, 2.75) is 0 Å². The summed E-state index contributed by atoms with van der Waals surface area (Å²) >= 11 is 19.4. The normalized spacial score (nSPS) is 10.5. The SMILES string of the molecule is Clc1cccc(Cl)c1-c1c(Br)cccc1Br. The van der Waals surface area contributed by atoms with Gasteiger partial charge in [-0.3, -0.25) is 0 Å². The van der Waals surface area contributed by atoms with Crippen LogP contribution >= 0.6 is 55.1 Å². The molecule has 0 radical (unpaired) electrons. The van der Waals surface area contributed by atoms with E-state index in [4.69, 9.17) is 23.2 Å². The van der Waals surface area contributed by atoms with Crippen molar-refractivity contribution in [2.24, 2.45) is 0 Å². The Kier molecular flexibility index (Phi) is 3.96. The van der Waals surface area contributed by atoms with Crippen LogP contribution in [0.5, 0.6) is 0 Å². The topological polar surface area (TPSA) is 0 Å². The minimum Gasteiger partial charge on any atom is -0.0836 e. The first-order chi connectivity index (χ1) is 7.61. The van der Waals surface area contributed by atoms with Crippen molar-refractivity contribution in [3.63, 3.8) is 0 Å². The lowest BCUT2D eigenvalue weighted by atomic mass is 10.1. The maximum absolute atomic E-state index is 6.18. The first-order valence-corrected chi connectivity index (χ1v) is 6.84. The van der Waals surface area contributed by atoms with Crippen LogP contribution in [0.25, 0.3) is 11.1 Å². The Bertz CT molecular complexity index is 449. The predicted molar refractivity (Wildman–Crippen MR) is 77.3 cm³/mol. The van der Waals surface area contributed by atoms with Gasteiger partial charge in [-0.05, 0) is 24.3 Å². The van der Waals surface area contributed by atoms with E-state index in [1.165, 1.54) is 0 Å². The van der Waals surface area contributed by atoms with E-state index in [9.17, 15) is 0 Å². The van der Waals surface area contributed by atoms with Crippen LogP contribution in [0.4, 0.5) is 0 Å². The van der Waals surface area contributed by atoms with Gasteiger partial charge in [0.25, 0.3) is 0 Å². The summed E-state index contributed by atoms with van der Waals surface area (Å²) in [4.78, 5) is 0. The van der Waals surface area contributed by atoms with E-state index in [0.717, 1.165) is 20.1 Å². The highest BCUT2D eigenvalue weighted by Crippen LogP contribution is 2.42. The van der Waals surface area contributed by atoms with Gasteiger partial charge >= 0.3 is 0 Å². The zero-order valence-corrected chi connectivity index (χ0v) is 12.7. The zero-order valence-electron chi connectivity index (χ0n) is 7.98. The maximum Gasteiger partial charge on any atom is 0.0500 e. The Morgan fingerprint density at radius 1 is 0.688 bits per heavy atom. The summed E-state index contributed by atoms with van der Waals surface area (Å²) in [5.41, 5.74) is 1.81. The van der Waals surface area contributed by atoms with Gasteiger partial charge in [-0.2, -0.15) is 0 Å². The van der Waals surface area contributed by atoms with E-state index >= 15 is 0 Å². The standard InChI is InChI=1S/C12H6Br2Cl2/c13-7-3-1-4-8(14)11(7)12-9(15)5-2-6-10(12)16/h1-6H. The largest absolute Gasteiger partial charge is 0.0836 e. The lowest BCUT2D eigenvalue weighted by molar-refractivity contribution is 1.55. The fraction of sp³-hybridized carbons (Fsp3) is 0. The average molecular weight is 381 g/mol. The van der Waals surface area contributed by atoms with Gasteiger partial charge in [0.05, 0.1) is 0 Å². The molecule has 2 aromatic carbocycles. The number of hydrogen-bond donors (Lipinski definition) is 0. The van der Waals surface area contributed by atoms with E-state index in [2.05, 4.69) is 31.9 Å². The van der Waals surface area contributed by atoms with Crippen LogP contribution in [0.15, 0.2) is 45.3 Å². The van der Waals surface area contributed by atoms with Gasteiger partial charge in [0, 0.05) is 30.1 Å². The van der Waals surface area contributed by atoms with Crippen LogP contribution in [-0.4, -0.2) is 0 Å². The lowest BCUT2D eigenvalue weighted by Gasteiger charge is -2.11. The number of hydrogen-bond acceptors (Lipinski definition) is 0. The predicted octanol–water partition coefficient (Wildman–Crippen LogP) is 6.19. The molecule has 82 valence electrons. The fourth-order valence-electron chi connectivity index (χ4n) is 1.47. The van der Waals surface area contributed by atoms with Crippen LogP contribution in [0.2, 0.25) is 10.0 Å². The summed E-state index contributed by atoms with van der Waals surface area (Å²) in [6, 6.07) is 11.4. The smallest absolute Gasteiger partial charge is 0.0500 e. The van der Waals surface area contributed by atoms with Crippen molar-refractivity contribution in [1.29, 1.82) is 0 Å². The summed E-state index contributed by atoms with van der Waals surface area (Å²) in [7, 11) is 0. The van der Waals surface area contributed by atoms with Crippen LogP contribution in [-0.2, 0) is 0 Å². The summed E-state index contributed by atoms with van der Waals surface area (Å²) in [5.74, 6) is 0. The monoisotopic (exact) mass is 378 g/mol. The molecular formula is C12H6Br2Cl2. The maximum atomic E-state index is 6.18. The second-order valence-corrected chi connectivity index (χ2v) is 5.72. The molecule has 0 bridgehead atoms. The van der Waals surface area contributed by atoms with Gasteiger partial charge in [-0.1, -0.05) is 67.2 Å². The molecule has 0 aliphatic rings. The third-order valence-electron chi connectivity index (χ3n) is 2.18. The van der Waals surface area contributed by atoms with E-state index in [-0.39, 0.29) is 0 Å². The molecule has 0 saturated carbocycles. The summed E-state index contributed by atoms with van der Waals surface area (Å²) < 4.78 is 1.91. The third kappa shape index (κ3) is 2.30. The second-order valence-electron chi connectivity index (χ2n) is 3.19. The van der Waals surface area contributed by atoms with Crippen LogP contribution in [0.3, 0.4) is 0 Å². The Balaban J connectivity index is 2.77. The van der Waals surface area contributed by atoms with E-state index < -0.39 is 0 Å². The van der Waals surface area contributed by atoms with Gasteiger partial charge in [0.2, 0.25) is 0 Å². The molecular weight excluding hydrogens is 375 g/mol. The second kappa shape index (κ2) is 5.09. The summed E-state index contributed by atoms with van der Waals surface area (Å²) in [5, 5.41) is 1.28. The van der Waals surface area contributed by atoms with Crippen molar-refractivity contribution in [1.82, 2.24) is 0 Å². The summed E-state index contributed by atoms with van der Waals surface area (Å²) in [6.07, 6.45) is 0. The number of halogens is 4. The molecule has 0 aliphatic heterocycles. The van der Waals surface area contributed by atoms with E-state index in [0.29, 0.717) is 10.0 Å². The molecule has 0 nitrogen and oxygen atoms in total. The first-order valence-electron chi connectivity index (χ1n) is 4.49. The highest BCUT2D eigenvalue weighted by Gasteiger charge is 2.13. The molecule has 0 saturated heterocycles. The van der Waals surface area contributed by atoms with E-state index in [1.807, 2.05) is 36.4 Å². The molecule has 0 heterocycles. The molecule has 0 aliphatic carbocycles. The molecule has 0 fully saturated rings. The van der Waals surface area contributed by atoms with Crippen molar-refractivity contribution >= 4 is 55.1 Å². The fourth-order valence-corrected chi connectivity index (χ4v) is 3.45. The third-order valence-corrected chi connectivity index (χ3v) is 4.13.